The largest absolute Gasteiger partial charge is 0.481 e. The first-order valence-electron chi connectivity index (χ1n) is 15.1. The zero-order valence-corrected chi connectivity index (χ0v) is 27.9. The van der Waals surface area contributed by atoms with Crippen LogP contribution in [0.1, 0.15) is 60.9 Å². The van der Waals surface area contributed by atoms with Gasteiger partial charge < -0.3 is 39.1 Å². The number of furan rings is 1. The number of morpholine rings is 1. The van der Waals surface area contributed by atoms with E-state index in [0.29, 0.717) is 23.3 Å². The van der Waals surface area contributed by atoms with Crippen molar-refractivity contribution in [1.29, 1.82) is 0 Å². The number of rotatable bonds is 11. The highest BCUT2D eigenvalue weighted by molar-refractivity contribution is 6.32. The Bertz CT molecular complexity index is 1510. The number of aromatic nitrogens is 2. The first-order chi connectivity index (χ1) is 21.9. The van der Waals surface area contributed by atoms with Crippen LogP contribution in [0.25, 0.3) is 0 Å². The van der Waals surface area contributed by atoms with E-state index in [1.807, 2.05) is 6.07 Å². The molecule has 13 nitrogen and oxygen atoms in total. The predicted molar refractivity (Wildman–Crippen MR) is 173 cm³/mol. The van der Waals surface area contributed by atoms with Crippen LogP contribution in [0, 0.1) is 6.92 Å². The summed E-state index contributed by atoms with van der Waals surface area (Å²) in [5.74, 6) is 0.0101. The molecule has 250 valence electrons. The molecular formula is C32H42ClN5O8. The number of hydrogen-bond donors (Lipinski definition) is 3. The van der Waals surface area contributed by atoms with E-state index in [-0.39, 0.29) is 34.6 Å². The molecule has 1 saturated heterocycles. The van der Waals surface area contributed by atoms with E-state index in [0.717, 1.165) is 70.2 Å². The Morgan fingerprint density at radius 3 is 2.41 bits per heavy atom. The SMILES string of the molecule is CC(=O)O.COc1nc(NCCCN2CCOCC2)nc(OC)c1NC(=O)c1ccc(Oc2c(Cl)cc(C)c3c2CCC3(C)C)o1. The molecule has 0 spiro atoms. The molecule has 2 aliphatic rings. The average Bonchev–Trinajstić information content (AvgIpc) is 3.62. The van der Waals surface area contributed by atoms with Crippen LogP contribution in [0.5, 0.6) is 23.5 Å². The predicted octanol–water partition coefficient (Wildman–Crippen LogP) is 5.54. The van der Waals surface area contributed by atoms with Gasteiger partial charge in [0.25, 0.3) is 17.8 Å². The Morgan fingerprint density at radius 1 is 1.13 bits per heavy atom. The maximum Gasteiger partial charge on any atom is 0.300 e. The minimum Gasteiger partial charge on any atom is -0.481 e. The van der Waals surface area contributed by atoms with Gasteiger partial charge in [-0.15, -0.1) is 0 Å². The molecular weight excluding hydrogens is 618 g/mol. The fourth-order valence-corrected chi connectivity index (χ4v) is 6.00. The number of hydrogen-bond acceptors (Lipinski definition) is 11. The zero-order valence-electron chi connectivity index (χ0n) is 27.1. The maximum absolute atomic E-state index is 13.2. The van der Waals surface area contributed by atoms with Gasteiger partial charge in [-0.25, -0.2) is 0 Å². The molecule has 5 rings (SSSR count). The topological polar surface area (TPSA) is 158 Å². The van der Waals surface area contributed by atoms with E-state index >= 15 is 0 Å². The molecule has 3 aromatic rings. The highest BCUT2D eigenvalue weighted by atomic mass is 35.5. The van der Waals surface area contributed by atoms with E-state index in [2.05, 4.69) is 46.3 Å². The quantitative estimate of drug-likeness (QED) is 0.221. The Balaban J connectivity index is 0.00000113. The standard InChI is InChI=1S/C30H38ClN5O6.C2H4O2/c1-18-17-20(31)25(19-9-10-30(2,3)23(18)19)42-22-8-7-21(41-22)26(37)33-24-27(38-4)34-29(35-28(24)39-5)32-11-6-12-36-13-15-40-16-14-36;1-2(3)4/h7-8,17H,6,9-16H2,1-5H3,(H,33,37)(H,32,34,35);1H3,(H,3,4). The monoisotopic (exact) mass is 659 g/mol. The first kappa shape index (κ1) is 34.8. The van der Waals surface area contributed by atoms with Crippen molar-refractivity contribution in [3.8, 4) is 23.5 Å². The van der Waals surface area contributed by atoms with Crippen LogP contribution in [0.2, 0.25) is 5.02 Å². The Morgan fingerprint density at radius 2 is 1.78 bits per heavy atom. The number of nitrogens with zero attached hydrogens (tertiary/aromatic N) is 3. The van der Waals surface area contributed by atoms with Crippen molar-refractivity contribution in [2.45, 2.75) is 52.4 Å². The van der Waals surface area contributed by atoms with Crippen molar-refractivity contribution in [3.63, 3.8) is 0 Å². The summed E-state index contributed by atoms with van der Waals surface area (Å²) >= 11 is 6.59. The van der Waals surface area contributed by atoms with Crippen molar-refractivity contribution in [2.75, 3.05) is 64.2 Å². The van der Waals surface area contributed by atoms with Gasteiger partial charge in [-0.3, -0.25) is 14.5 Å². The number of amides is 1. The third-order valence-corrected chi connectivity index (χ3v) is 8.00. The third-order valence-electron chi connectivity index (χ3n) is 7.72. The van der Waals surface area contributed by atoms with Gasteiger partial charge in [0, 0.05) is 38.2 Å². The summed E-state index contributed by atoms with van der Waals surface area (Å²) in [4.78, 5) is 33.3. The minimum atomic E-state index is -0.833. The highest BCUT2D eigenvalue weighted by Crippen LogP contribution is 2.48. The number of fused-ring (bicyclic) bond motifs is 1. The molecule has 2 aromatic heterocycles. The molecule has 1 amide bonds. The number of benzene rings is 1. The van der Waals surface area contributed by atoms with E-state index in [1.54, 1.807) is 6.07 Å². The van der Waals surface area contributed by atoms with Crippen LogP contribution >= 0.6 is 11.6 Å². The van der Waals surface area contributed by atoms with Crippen molar-refractivity contribution in [2.24, 2.45) is 0 Å². The number of carbonyl (C=O) groups excluding carboxylic acids is 1. The van der Waals surface area contributed by atoms with Gasteiger partial charge >= 0.3 is 0 Å². The number of nitrogens with one attached hydrogen (secondary N) is 2. The lowest BCUT2D eigenvalue weighted by Crippen LogP contribution is -2.37. The molecule has 1 aliphatic carbocycles. The van der Waals surface area contributed by atoms with E-state index in [4.69, 9.17) is 44.9 Å². The van der Waals surface area contributed by atoms with Crippen LogP contribution in [0.3, 0.4) is 0 Å². The number of methoxy groups -OCH3 is 2. The van der Waals surface area contributed by atoms with Gasteiger partial charge in [0.1, 0.15) is 0 Å². The molecule has 1 fully saturated rings. The summed E-state index contributed by atoms with van der Waals surface area (Å²) in [6.07, 6.45) is 2.76. The van der Waals surface area contributed by atoms with E-state index in [1.165, 1.54) is 25.8 Å². The van der Waals surface area contributed by atoms with Gasteiger partial charge in [-0.2, -0.15) is 9.97 Å². The number of halogens is 1. The van der Waals surface area contributed by atoms with Gasteiger partial charge in [-0.05, 0) is 61.4 Å². The van der Waals surface area contributed by atoms with E-state index < -0.39 is 11.9 Å². The zero-order chi connectivity index (χ0) is 33.4. The second-order valence-corrected chi connectivity index (χ2v) is 12.0. The number of carboxylic acid groups (broad SMARTS) is 1. The fraction of sp³-hybridized carbons (Fsp3) is 0.500. The highest BCUT2D eigenvalue weighted by Gasteiger charge is 2.35. The Hall–Kier alpha value is -4.07. The van der Waals surface area contributed by atoms with E-state index in [9.17, 15) is 4.79 Å². The lowest BCUT2D eigenvalue weighted by atomic mass is 9.84. The fourth-order valence-electron chi connectivity index (χ4n) is 5.68. The summed E-state index contributed by atoms with van der Waals surface area (Å²) in [7, 11) is 2.92. The molecule has 0 saturated carbocycles. The van der Waals surface area contributed by atoms with Crippen molar-refractivity contribution >= 4 is 35.1 Å². The van der Waals surface area contributed by atoms with Crippen molar-refractivity contribution < 1.29 is 38.1 Å². The molecule has 0 unspecified atom stereocenters. The molecule has 3 heterocycles. The van der Waals surface area contributed by atoms with Gasteiger partial charge in [0.05, 0.1) is 32.5 Å². The lowest BCUT2D eigenvalue weighted by Gasteiger charge is -2.26. The Labute approximate surface area is 273 Å². The molecule has 1 aliphatic heterocycles. The number of anilines is 2. The molecule has 0 radical (unpaired) electrons. The molecule has 3 N–H and O–H groups in total. The first-order valence-corrected chi connectivity index (χ1v) is 15.5. The number of aryl methyl sites for hydroxylation is 1. The molecule has 0 atom stereocenters. The molecule has 0 bridgehead atoms. The third kappa shape index (κ3) is 8.59. The Kier molecular flexibility index (Phi) is 11.7. The summed E-state index contributed by atoms with van der Waals surface area (Å²) in [5, 5.41) is 13.9. The van der Waals surface area contributed by atoms with Crippen LogP contribution in [-0.2, 0) is 21.4 Å². The summed E-state index contributed by atoms with van der Waals surface area (Å²) in [6, 6.07) is 5.04. The number of carboxylic acids is 1. The lowest BCUT2D eigenvalue weighted by molar-refractivity contribution is -0.134. The number of ether oxygens (including phenoxy) is 4. The van der Waals surface area contributed by atoms with Crippen LogP contribution in [0.15, 0.2) is 22.6 Å². The average molecular weight is 660 g/mol. The number of aliphatic carboxylic acids is 1. The van der Waals surface area contributed by atoms with Crippen LogP contribution in [-0.4, -0.2) is 85.5 Å². The van der Waals surface area contributed by atoms with Crippen LogP contribution < -0.4 is 24.8 Å². The molecule has 1 aromatic carbocycles. The second kappa shape index (κ2) is 15.5. The van der Waals surface area contributed by atoms with Crippen molar-refractivity contribution in [3.05, 3.63) is 45.7 Å². The molecule has 14 heteroatoms. The summed E-state index contributed by atoms with van der Waals surface area (Å²) in [5.41, 5.74) is 3.69. The smallest absolute Gasteiger partial charge is 0.300 e. The minimum absolute atomic E-state index is 0.0274. The summed E-state index contributed by atoms with van der Waals surface area (Å²) < 4.78 is 28.2. The maximum atomic E-state index is 13.2. The van der Waals surface area contributed by atoms with Crippen LogP contribution in [0.4, 0.5) is 11.6 Å². The normalized spacial score (nSPS) is 15.3. The van der Waals surface area contributed by atoms with Gasteiger partial charge in [0.15, 0.2) is 17.2 Å². The van der Waals surface area contributed by atoms with Gasteiger partial charge in [0.2, 0.25) is 17.7 Å². The van der Waals surface area contributed by atoms with Crippen molar-refractivity contribution in [1.82, 2.24) is 14.9 Å². The second-order valence-electron chi connectivity index (χ2n) is 11.6. The van der Waals surface area contributed by atoms with Gasteiger partial charge in [-0.1, -0.05) is 25.4 Å². The molecule has 46 heavy (non-hydrogen) atoms. The number of carbonyl (C=O) groups is 2. The summed E-state index contributed by atoms with van der Waals surface area (Å²) in [6.45, 7) is 12.6.